The molecule has 1 atom stereocenters. The molecule has 3 heterocycles. The van der Waals surface area contributed by atoms with Crippen molar-refractivity contribution in [2.75, 3.05) is 11.9 Å². The van der Waals surface area contributed by atoms with Crippen molar-refractivity contribution >= 4 is 22.6 Å². The molecule has 1 aliphatic rings. The second kappa shape index (κ2) is 8.77. The molecule has 1 N–H and O–H groups in total. The summed E-state index contributed by atoms with van der Waals surface area (Å²) >= 11 is 0. The van der Waals surface area contributed by atoms with E-state index in [0.29, 0.717) is 21.4 Å². The lowest BCUT2D eigenvalue weighted by Crippen LogP contribution is -2.35. The number of nitrogens with one attached hydrogen (secondary N) is 1. The van der Waals surface area contributed by atoms with Crippen LogP contribution in [0, 0.1) is 5.92 Å². The van der Waals surface area contributed by atoms with E-state index in [9.17, 15) is 22.8 Å². The number of pyridine rings is 1. The largest absolute Gasteiger partial charge is 0.488 e. The third-order valence-corrected chi connectivity index (χ3v) is 5.55. The molecule has 1 fully saturated rings. The Bertz CT molecular complexity index is 1290. The minimum Gasteiger partial charge on any atom is -0.488 e. The molecule has 8 nitrogen and oxygen atoms in total. The average molecular weight is 477 g/mol. The van der Waals surface area contributed by atoms with E-state index < -0.39 is 17.8 Å². The molecule has 3 aromatic rings. The molecule has 1 saturated carbocycles. The molecule has 0 aliphatic heterocycles. The van der Waals surface area contributed by atoms with Crippen molar-refractivity contribution in [1.29, 1.82) is 0 Å². The first-order chi connectivity index (χ1) is 16.0. The summed E-state index contributed by atoms with van der Waals surface area (Å²) in [6, 6.07) is 1.15. The average Bonchev–Trinajstić information content (AvgIpc) is 3.52. The molecule has 182 valence electrons. The predicted octanol–water partition coefficient (Wildman–Crippen LogP) is 4.71. The Balaban J connectivity index is 1.93. The van der Waals surface area contributed by atoms with Crippen molar-refractivity contribution < 1.29 is 22.7 Å². The highest BCUT2D eigenvalue weighted by Crippen LogP contribution is 2.41. The highest BCUT2D eigenvalue weighted by molar-refractivity contribution is 5.98. The molecule has 4 rings (SSSR count). The number of rotatable bonds is 7. The Morgan fingerprint density at radius 3 is 2.56 bits per heavy atom. The van der Waals surface area contributed by atoms with E-state index in [2.05, 4.69) is 15.4 Å². The maximum Gasteiger partial charge on any atom is 0.410 e. The maximum absolute atomic E-state index is 13.5. The number of aromatic nitrogens is 4. The van der Waals surface area contributed by atoms with Gasteiger partial charge in [-0.05, 0) is 31.7 Å². The van der Waals surface area contributed by atoms with Gasteiger partial charge in [0.25, 0.3) is 0 Å². The fourth-order valence-corrected chi connectivity index (χ4v) is 3.64. The molecule has 3 aromatic heterocycles. The zero-order chi connectivity index (χ0) is 24.8. The summed E-state index contributed by atoms with van der Waals surface area (Å²) in [6.45, 7) is 6.16. The summed E-state index contributed by atoms with van der Waals surface area (Å²) < 4.78 is 48.7. The lowest BCUT2D eigenvalue weighted by molar-refractivity contribution is -0.166. The molecule has 0 aromatic carbocycles. The Labute approximate surface area is 193 Å². The lowest BCUT2D eigenvalue weighted by atomic mass is 10.1. The monoisotopic (exact) mass is 477 g/mol. The van der Waals surface area contributed by atoms with E-state index in [4.69, 9.17) is 4.74 Å². The Morgan fingerprint density at radius 2 is 1.97 bits per heavy atom. The van der Waals surface area contributed by atoms with Crippen molar-refractivity contribution in [3.8, 4) is 17.0 Å². The highest BCUT2D eigenvalue weighted by Gasteiger charge is 2.39. The first-order valence-corrected chi connectivity index (χ1v) is 11.1. The molecule has 1 aliphatic carbocycles. The first kappa shape index (κ1) is 23.8. The smallest absolute Gasteiger partial charge is 0.410 e. The van der Waals surface area contributed by atoms with Gasteiger partial charge in [-0.2, -0.15) is 18.3 Å². The molecule has 0 saturated heterocycles. The second-order valence-corrected chi connectivity index (χ2v) is 9.02. The minimum atomic E-state index is -4.67. The van der Waals surface area contributed by atoms with Crippen molar-refractivity contribution in [2.45, 2.75) is 58.8 Å². The summed E-state index contributed by atoms with van der Waals surface area (Å²) in [6.07, 6.45) is 0.695. The molecule has 34 heavy (non-hydrogen) atoms. The quantitative estimate of drug-likeness (QED) is 0.532. The van der Waals surface area contributed by atoms with Gasteiger partial charge in [0.2, 0.25) is 5.91 Å². The zero-order valence-corrected chi connectivity index (χ0v) is 19.3. The summed E-state index contributed by atoms with van der Waals surface area (Å²) in [4.78, 5) is 28.6. The number of fused-ring (bicyclic) bond motifs is 1. The number of halogens is 3. The van der Waals surface area contributed by atoms with E-state index in [0.717, 1.165) is 25.3 Å². The van der Waals surface area contributed by atoms with Crippen LogP contribution in [0.15, 0.2) is 29.3 Å². The number of carbonyl (C=O) groups is 1. The number of hydrogen-bond donors (Lipinski definition) is 1. The number of ether oxygens (including phenoxy) is 1. The molecule has 11 heteroatoms. The number of anilines is 1. The topological polar surface area (TPSA) is 91.0 Å². The molecular weight excluding hydrogens is 451 g/mol. The van der Waals surface area contributed by atoms with Crippen LogP contribution in [0.3, 0.4) is 0 Å². The maximum atomic E-state index is 13.5. The Kier molecular flexibility index (Phi) is 6.13. The van der Waals surface area contributed by atoms with Crippen LogP contribution in [0.2, 0.25) is 0 Å². The normalized spacial score (nSPS) is 15.1. The second-order valence-electron chi connectivity index (χ2n) is 9.02. The highest BCUT2D eigenvalue weighted by atomic mass is 19.4. The van der Waals surface area contributed by atoms with Gasteiger partial charge in [0.1, 0.15) is 11.9 Å². The third kappa shape index (κ3) is 4.78. The summed E-state index contributed by atoms with van der Waals surface area (Å²) in [5, 5.41) is 7.39. The van der Waals surface area contributed by atoms with Crippen LogP contribution in [0.1, 0.15) is 52.6 Å². The zero-order valence-electron chi connectivity index (χ0n) is 19.3. The van der Waals surface area contributed by atoms with E-state index in [1.807, 2.05) is 24.6 Å². The van der Waals surface area contributed by atoms with E-state index in [1.54, 1.807) is 12.3 Å². The van der Waals surface area contributed by atoms with Crippen molar-refractivity contribution in [3.63, 3.8) is 0 Å². The number of carbonyl (C=O) groups excluding carboxylic acids is 1. The van der Waals surface area contributed by atoms with Crippen molar-refractivity contribution in [2.24, 2.45) is 5.92 Å². The Morgan fingerprint density at radius 1 is 1.26 bits per heavy atom. The van der Waals surface area contributed by atoms with Crippen LogP contribution in [-0.2, 0) is 4.79 Å². The molecule has 1 unspecified atom stereocenters. The van der Waals surface area contributed by atoms with Gasteiger partial charge in [-0.1, -0.05) is 13.8 Å². The SMILES string of the molecule is CC(=O)Nc1cc2c(-c3cc(OCC(C)C)c(=O)n(C(C)C(F)(F)F)n3)cn(C3CC3)c2cn1. The van der Waals surface area contributed by atoms with Gasteiger partial charge >= 0.3 is 11.7 Å². The van der Waals surface area contributed by atoms with Gasteiger partial charge in [0, 0.05) is 36.2 Å². The van der Waals surface area contributed by atoms with Crippen LogP contribution in [0.4, 0.5) is 19.0 Å². The predicted molar refractivity (Wildman–Crippen MR) is 121 cm³/mol. The summed E-state index contributed by atoms with van der Waals surface area (Å²) in [7, 11) is 0. The Hall–Kier alpha value is -3.37. The standard InChI is InChI=1S/C23H26F3N5O3/c1-12(2)11-34-20-8-18(29-31(22(20)33)13(3)23(24,25)26)17-10-30(15-5-6-15)19-9-27-21(7-16(17)19)28-14(4)32/h7-10,12-13,15H,5-6,11H2,1-4H3,(H,27,28,32). The van der Waals surface area contributed by atoms with Crippen molar-refractivity contribution in [1.82, 2.24) is 19.3 Å². The molecular formula is C23H26F3N5O3. The van der Waals surface area contributed by atoms with Gasteiger partial charge in [-0.25, -0.2) is 9.67 Å². The third-order valence-electron chi connectivity index (χ3n) is 5.55. The number of alkyl halides is 3. The fraction of sp³-hybridized carbons (Fsp3) is 0.478. The lowest BCUT2D eigenvalue weighted by Gasteiger charge is -2.19. The summed E-state index contributed by atoms with van der Waals surface area (Å²) in [5.74, 6) is -0.126. The number of nitrogens with zero attached hydrogens (tertiary/aromatic N) is 4. The van der Waals surface area contributed by atoms with Gasteiger partial charge in [-0.3, -0.25) is 9.59 Å². The molecule has 1 amide bonds. The van der Waals surface area contributed by atoms with Gasteiger partial charge in [0.05, 0.1) is 24.0 Å². The first-order valence-electron chi connectivity index (χ1n) is 11.1. The molecule has 0 spiro atoms. The summed E-state index contributed by atoms with van der Waals surface area (Å²) in [5.41, 5.74) is 0.507. The van der Waals surface area contributed by atoms with Crippen molar-refractivity contribution in [3.05, 3.63) is 34.9 Å². The van der Waals surface area contributed by atoms with E-state index in [-0.39, 0.29) is 35.9 Å². The minimum absolute atomic E-state index is 0.0626. The van der Waals surface area contributed by atoms with E-state index in [1.165, 1.54) is 13.0 Å². The van der Waals surface area contributed by atoms with Crippen LogP contribution in [-0.4, -0.2) is 38.0 Å². The van der Waals surface area contributed by atoms with Gasteiger partial charge in [0.15, 0.2) is 5.75 Å². The van der Waals surface area contributed by atoms with Crippen LogP contribution in [0.5, 0.6) is 5.75 Å². The number of amides is 1. The number of hydrogen-bond acceptors (Lipinski definition) is 5. The fourth-order valence-electron chi connectivity index (χ4n) is 3.64. The molecule has 0 radical (unpaired) electrons. The van der Waals surface area contributed by atoms with E-state index >= 15 is 0 Å². The van der Waals surface area contributed by atoms with Gasteiger partial charge in [-0.15, -0.1) is 0 Å². The van der Waals surface area contributed by atoms with Gasteiger partial charge < -0.3 is 14.6 Å². The van der Waals surface area contributed by atoms with Crippen LogP contribution in [0.25, 0.3) is 22.2 Å². The molecule has 0 bridgehead atoms. The van der Waals surface area contributed by atoms with Crippen LogP contribution >= 0.6 is 0 Å². The van der Waals surface area contributed by atoms with Crippen LogP contribution < -0.4 is 15.6 Å².